The van der Waals surface area contributed by atoms with Gasteiger partial charge in [0.05, 0.1) is 4.47 Å². The molecule has 1 amide bonds. The zero-order valence-electron chi connectivity index (χ0n) is 11.2. The molecule has 0 atom stereocenters. The number of nitrogens with zero attached hydrogens (tertiary/aromatic N) is 1. The van der Waals surface area contributed by atoms with E-state index in [-0.39, 0.29) is 11.3 Å². The van der Waals surface area contributed by atoms with Gasteiger partial charge in [-0.2, -0.15) is 5.26 Å². The number of hydrogen-bond acceptors (Lipinski definition) is 3. The number of anilines is 1. The normalized spacial score (nSPS) is 10.9. The highest BCUT2D eigenvalue weighted by Crippen LogP contribution is 2.33. The van der Waals surface area contributed by atoms with Crippen molar-refractivity contribution in [3.05, 3.63) is 62.5 Å². The average molecular weight is 422 g/mol. The fourth-order valence-corrected chi connectivity index (χ4v) is 2.98. The van der Waals surface area contributed by atoms with Crippen LogP contribution in [-0.4, -0.2) is 11.0 Å². The molecule has 2 aromatic carbocycles. The van der Waals surface area contributed by atoms with Crippen LogP contribution in [0.3, 0.4) is 0 Å². The SMILES string of the molecule is N#C/C(=C\c1cc(Br)cc(Br)c1O)C(=O)Nc1ccccc1. The monoisotopic (exact) mass is 420 g/mol. The van der Waals surface area contributed by atoms with Gasteiger partial charge in [0.25, 0.3) is 5.91 Å². The minimum absolute atomic E-state index is 0.0385. The van der Waals surface area contributed by atoms with Crippen LogP contribution >= 0.6 is 31.9 Å². The van der Waals surface area contributed by atoms with Gasteiger partial charge >= 0.3 is 0 Å². The van der Waals surface area contributed by atoms with Crippen molar-refractivity contribution in [3.8, 4) is 11.8 Å². The van der Waals surface area contributed by atoms with Crippen molar-refractivity contribution in [1.82, 2.24) is 0 Å². The Balaban J connectivity index is 2.32. The quantitative estimate of drug-likeness (QED) is 0.567. The van der Waals surface area contributed by atoms with Crippen molar-refractivity contribution in [1.29, 1.82) is 5.26 Å². The molecular formula is C16H10Br2N2O2. The van der Waals surface area contributed by atoms with Crippen LogP contribution in [0.25, 0.3) is 6.08 Å². The Hall–Kier alpha value is -2.10. The van der Waals surface area contributed by atoms with E-state index in [1.165, 1.54) is 6.08 Å². The number of benzene rings is 2. The largest absolute Gasteiger partial charge is 0.506 e. The number of nitrogens with one attached hydrogen (secondary N) is 1. The van der Waals surface area contributed by atoms with Gasteiger partial charge in [0, 0.05) is 15.7 Å². The number of aromatic hydroxyl groups is 1. The molecule has 0 aliphatic carbocycles. The van der Waals surface area contributed by atoms with E-state index in [1.807, 2.05) is 12.1 Å². The Bertz CT molecular complexity index is 781. The maximum atomic E-state index is 12.1. The zero-order chi connectivity index (χ0) is 16.1. The Labute approximate surface area is 144 Å². The molecule has 0 saturated carbocycles. The van der Waals surface area contributed by atoms with Gasteiger partial charge in [0.1, 0.15) is 17.4 Å². The van der Waals surface area contributed by atoms with Crippen LogP contribution in [0.1, 0.15) is 5.56 Å². The van der Waals surface area contributed by atoms with Gasteiger partial charge in [-0.05, 0) is 46.3 Å². The van der Waals surface area contributed by atoms with Gasteiger partial charge in [-0.1, -0.05) is 34.1 Å². The molecule has 0 bridgehead atoms. The fourth-order valence-electron chi connectivity index (χ4n) is 1.72. The molecule has 0 spiro atoms. The molecule has 0 aliphatic rings. The molecule has 2 rings (SSSR count). The highest BCUT2D eigenvalue weighted by molar-refractivity contribution is 9.11. The lowest BCUT2D eigenvalue weighted by Crippen LogP contribution is -2.13. The first-order valence-corrected chi connectivity index (χ1v) is 7.76. The van der Waals surface area contributed by atoms with Gasteiger partial charge in [0.2, 0.25) is 0 Å². The lowest BCUT2D eigenvalue weighted by Gasteiger charge is -2.06. The smallest absolute Gasteiger partial charge is 0.266 e. The van der Waals surface area contributed by atoms with Gasteiger partial charge in [-0.15, -0.1) is 0 Å². The number of phenols is 1. The first-order chi connectivity index (χ1) is 10.5. The number of carbonyl (C=O) groups excluding carboxylic acids is 1. The molecular weight excluding hydrogens is 412 g/mol. The molecule has 2 aromatic rings. The lowest BCUT2D eigenvalue weighted by molar-refractivity contribution is -0.112. The van der Waals surface area contributed by atoms with Crippen LogP contribution < -0.4 is 5.32 Å². The van der Waals surface area contributed by atoms with E-state index in [1.54, 1.807) is 36.4 Å². The number of para-hydroxylation sites is 1. The third-order valence-electron chi connectivity index (χ3n) is 2.75. The Morgan fingerprint density at radius 2 is 1.91 bits per heavy atom. The Morgan fingerprint density at radius 1 is 1.23 bits per heavy atom. The fraction of sp³-hybridized carbons (Fsp3) is 0. The summed E-state index contributed by atoms with van der Waals surface area (Å²) in [7, 11) is 0. The Kier molecular flexibility index (Phi) is 5.36. The van der Waals surface area contributed by atoms with E-state index >= 15 is 0 Å². The van der Waals surface area contributed by atoms with Gasteiger partial charge < -0.3 is 10.4 Å². The molecule has 0 heterocycles. The predicted molar refractivity (Wildman–Crippen MR) is 92.2 cm³/mol. The zero-order valence-corrected chi connectivity index (χ0v) is 14.3. The molecule has 2 N–H and O–H groups in total. The van der Waals surface area contributed by atoms with Crippen LogP contribution in [0.5, 0.6) is 5.75 Å². The number of hydrogen-bond donors (Lipinski definition) is 2. The third kappa shape index (κ3) is 3.97. The van der Waals surface area contributed by atoms with E-state index in [2.05, 4.69) is 37.2 Å². The molecule has 22 heavy (non-hydrogen) atoms. The number of nitriles is 1. The second-order valence-corrected chi connectivity index (χ2v) is 6.09. The summed E-state index contributed by atoms with van der Waals surface area (Å²) < 4.78 is 1.18. The van der Waals surface area contributed by atoms with Crippen LogP contribution in [0.4, 0.5) is 5.69 Å². The van der Waals surface area contributed by atoms with E-state index < -0.39 is 5.91 Å². The molecule has 4 nitrogen and oxygen atoms in total. The van der Waals surface area contributed by atoms with Crippen molar-refractivity contribution in [2.24, 2.45) is 0 Å². The molecule has 0 fully saturated rings. The summed E-state index contributed by atoms with van der Waals surface area (Å²) in [6, 6.07) is 14.0. The number of halogens is 2. The van der Waals surface area contributed by atoms with E-state index in [0.29, 0.717) is 20.2 Å². The van der Waals surface area contributed by atoms with Crippen molar-refractivity contribution in [3.63, 3.8) is 0 Å². The van der Waals surface area contributed by atoms with E-state index in [9.17, 15) is 15.2 Å². The molecule has 110 valence electrons. The van der Waals surface area contributed by atoms with Crippen LogP contribution in [-0.2, 0) is 4.79 Å². The molecule has 0 saturated heterocycles. The number of phenolic OH excluding ortho intramolecular Hbond substituents is 1. The van der Waals surface area contributed by atoms with Crippen molar-refractivity contribution >= 4 is 49.5 Å². The molecule has 0 aliphatic heterocycles. The summed E-state index contributed by atoms with van der Waals surface area (Å²) in [6.07, 6.45) is 1.34. The van der Waals surface area contributed by atoms with Gasteiger partial charge in [-0.3, -0.25) is 4.79 Å². The number of amides is 1. The second-order valence-electron chi connectivity index (χ2n) is 4.32. The average Bonchev–Trinajstić information content (AvgIpc) is 2.50. The summed E-state index contributed by atoms with van der Waals surface area (Å²) >= 11 is 6.50. The van der Waals surface area contributed by atoms with Gasteiger partial charge in [0.15, 0.2) is 0 Å². The summed E-state index contributed by atoms with van der Waals surface area (Å²) in [6.45, 7) is 0. The van der Waals surface area contributed by atoms with Crippen molar-refractivity contribution < 1.29 is 9.90 Å². The summed E-state index contributed by atoms with van der Waals surface area (Å²) in [5.41, 5.74) is 0.846. The third-order valence-corrected chi connectivity index (χ3v) is 3.82. The molecule has 0 unspecified atom stereocenters. The summed E-state index contributed by atoms with van der Waals surface area (Å²) in [5.74, 6) is -0.576. The molecule has 0 aromatic heterocycles. The standard InChI is InChI=1S/C16H10Br2N2O2/c17-12-7-10(15(21)14(18)8-12)6-11(9-19)16(22)20-13-4-2-1-3-5-13/h1-8,21H,(H,20,22)/b11-6+. The first kappa shape index (κ1) is 16.3. The minimum Gasteiger partial charge on any atom is -0.506 e. The van der Waals surface area contributed by atoms with E-state index in [0.717, 1.165) is 0 Å². The van der Waals surface area contributed by atoms with Crippen LogP contribution in [0.2, 0.25) is 0 Å². The van der Waals surface area contributed by atoms with Crippen molar-refractivity contribution in [2.45, 2.75) is 0 Å². The summed E-state index contributed by atoms with van der Waals surface area (Å²) in [5, 5.41) is 21.8. The first-order valence-electron chi connectivity index (χ1n) is 6.17. The predicted octanol–water partition coefficient (Wildman–Crippen LogP) is 4.46. The lowest BCUT2D eigenvalue weighted by atomic mass is 10.1. The highest BCUT2D eigenvalue weighted by Gasteiger charge is 2.12. The molecule has 6 heteroatoms. The van der Waals surface area contributed by atoms with Crippen LogP contribution in [0.15, 0.2) is 57.0 Å². The molecule has 0 radical (unpaired) electrons. The van der Waals surface area contributed by atoms with E-state index in [4.69, 9.17) is 0 Å². The maximum absolute atomic E-state index is 12.1. The topological polar surface area (TPSA) is 73.1 Å². The minimum atomic E-state index is -0.538. The van der Waals surface area contributed by atoms with Gasteiger partial charge in [-0.25, -0.2) is 0 Å². The number of rotatable bonds is 3. The van der Waals surface area contributed by atoms with Crippen molar-refractivity contribution in [2.75, 3.05) is 5.32 Å². The summed E-state index contributed by atoms with van der Waals surface area (Å²) in [4.78, 5) is 12.1. The number of carbonyl (C=O) groups is 1. The van der Waals surface area contributed by atoms with Crippen LogP contribution in [0, 0.1) is 11.3 Å². The Morgan fingerprint density at radius 3 is 2.55 bits per heavy atom. The second kappa shape index (κ2) is 7.25. The highest BCUT2D eigenvalue weighted by atomic mass is 79.9. The maximum Gasteiger partial charge on any atom is 0.266 e.